The van der Waals surface area contributed by atoms with Crippen LogP contribution in [0.3, 0.4) is 0 Å². The van der Waals surface area contributed by atoms with Crippen molar-refractivity contribution in [2.75, 3.05) is 44.6 Å². The number of nitrogens with one attached hydrogen (secondary N) is 4. The van der Waals surface area contributed by atoms with Gasteiger partial charge in [0.2, 0.25) is 0 Å². The van der Waals surface area contributed by atoms with Crippen LogP contribution in [0, 0.1) is 5.41 Å². The third-order valence-electron chi connectivity index (χ3n) is 5.96. The van der Waals surface area contributed by atoms with Gasteiger partial charge in [-0.05, 0) is 75.1 Å². The van der Waals surface area contributed by atoms with Crippen LogP contribution in [0.4, 0.5) is 37.7 Å². The largest absolute Gasteiger partial charge is 0.490 e. The number of hydrazine groups is 1. The molecule has 0 saturated heterocycles. The van der Waals surface area contributed by atoms with Crippen LogP contribution >= 0.6 is 0 Å². The highest BCUT2D eigenvalue weighted by molar-refractivity contribution is 5.95. The molecule has 3 aromatic carbocycles. The lowest BCUT2D eigenvalue weighted by atomic mass is 10.0. The number of hydrogen-bond donors (Lipinski definition) is 6. The zero-order valence-corrected chi connectivity index (χ0v) is 25.4. The minimum absolute atomic E-state index is 0.111. The van der Waals surface area contributed by atoms with Gasteiger partial charge in [0.1, 0.15) is 18.5 Å². The van der Waals surface area contributed by atoms with E-state index in [1.165, 1.54) is 18.2 Å². The fraction of sp³-hybridized carbons (Fsp3) is 0.300. The number of rotatable bonds is 13. The van der Waals surface area contributed by atoms with Crippen LogP contribution in [0.25, 0.3) is 0 Å². The summed E-state index contributed by atoms with van der Waals surface area (Å²) in [5.74, 6) is -2.61. The van der Waals surface area contributed by atoms with Gasteiger partial charge < -0.3 is 30.5 Å². The van der Waals surface area contributed by atoms with E-state index in [1.807, 2.05) is 25.9 Å². The molecule has 0 bridgehead atoms. The third kappa shape index (κ3) is 12.3. The summed E-state index contributed by atoms with van der Waals surface area (Å²) in [6.45, 7) is 3.26. The van der Waals surface area contributed by atoms with Crippen LogP contribution < -0.4 is 31.4 Å². The summed E-state index contributed by atoms with van der Waals surface area (Å²) in [5, 5.41) is 17.8. The van der Waals surface area contributed by atoms with E-state index < -0.39 is 35.8 Å². The number of alkyl halides is 6. The Labute approximate surface area is 266 Å². The Morgan fingerprint density at radius 3 is 2.11 bits per heavy atom. The van der Waals surface area contributed by atoms with Crippen LogP contribution in [0.2, 0.25) is 0 Å². The van der Waals surface area contributed by atoms with Crippen molar-refractivity contribution in [3.8, 4) is 11.5 Å². The first-order valence-corrected chi connectivity index (χ1v) is 13.7. The SMILES string of the molecule is CCOc1cc(C(Nc2ccc(C(=N)N)cc2)C(=O)NNc2ccccc2C(F)(F)F)ccc1OCCN(C)C.O=C(O)C(F)(F)F. The van der Waals surface area contributed by atoms with Crippen molar-refractivity contribution in [1.29, 1.82) is 5.41 Å². The zero-order chi connectivity index (χ0) is 35.4. The van der Waals surface area contributed by atoms with E-state index in [0.717, 1.165) is 6.07 Å². The van der Waals surface area contributed by atoms with Crippen LogP contribution in [-0.2, 0) is 15.8 Å². The Kier molecular flexibility index (Phi) is 13.7. The van der Waals surface area contributed by atoms with Crippen LogP contribution in [0.1, 0.15) is 29.7 Å². The second-order valence-electron chi connectivity index (χ2n) is 9.82. The summed E-state index contributed by atoms with van der Waals surface area (Å²) in [7, 11) is 3.85. The summed E-state index contributed by atoms with van der Waals surface area (Å²) in [4.78, 5) is 24.3. The highest BCUT2D eigenvalue weighted by Gasteiger charge is 2.38. The standard InChI is InChI=1S/C28H33F3N6O3.C2HF3O2/c1-4-39-24-17-19(11-14-23(24)40-16-15-37(2)3)25(34-20-12-9-18(10-13-20)26(32)33)27(38)36-35-22-8-6-5-7-21(22)28(29,30)31;3-2(4,5)1(6)7/h5-14,17,25,34-35H,4,15-16H2,1-3H3,(H3,32,33)(H,36,38);(H,6,7). The number of anilines is 2. The molecular weight excluding hydrogens is 638 g/mol. The average Bonchev–Trinajstić information content (AvgIpc) is 2.99. The molecule has 11 nitrogen and oxygen atoms in total. The second-order valence-corrected chi connectivity index (χ2v) is 9.82. The first kappa shape index (κ1) is 38.0. The number of nitrogen functional groups attached to an aromatic ring is 1. The van der Waals surface area contributed by atoms with E-state index in [2.05, 4.69) is 16.2 Å². The maximum Gasteiger partial charge on any atom is 0.490 e. The number of nitrogens with two attached hydrogens (primary N) is 1. The minimum Gasteiger partial charge on any atom is -0.490 e. The Morgan fingerprint density at radius 1 is 0.957 bits per heavy atom. The lowest BCUT2D eigenvalue weighted by Crippen LogP contribution is -2.37. The van der Waals surface area contributed by atoms with Crippen LogP contribution in [0.5, 0.6) is 11.5 Å². The molecule has 1 unspecified atom stereocenters. The first-order valence-electron chi connectivity index (χ1n) is 13.7. The van der Waals surface area contributed by atoms with Crippen LogP contribution in [-0.4, -0.2) is 67.7 Å². The molecule has 0 saturated carbocycles. The second kappa shape index (κ2) is 16.9. The number of carbonyl (C=O) groups is 2. The molecule has 17 heteroatoms. The van der Waals surface area contributed by atoms with Crippen LogP contribution in [0.15, 0.2) is 66.7 Å². The van der Waals surface area contributed by atoms with Gasteiger partial charge in [0.05, 0.1) is 17.9 Å². The number of carboxylic acids is 1. The maximum absolute atomic E-state index is 13.4. The number of ether oxygens (including phenoxy) is 2. The Hall–Kier alpha value is -5.19. The predicted molar refractivity (Wildman–Crippen MR) is 162 cm³/mol. The number of carbonyl (C=O) groups excluding carboxylic acids is 1. The minimum atomic E-state index is -5.08. The number of carboxylic acid groups (broad SMARTS) is 1. The quantitative estimate of drug-likeness (QED) is 0.0616. The van der Waals surface area contributed by atoms with Gasteiger partial charge in [-0.2, -0.15) is 26.3 Å². The predicted octanol–water partition coefficient (Wildman–Crippen LogP) is 5.26. The summed E-state index contributed by atoms with van der Waals surface area (Å²) in [6, 6.07) is 15.3. The number of likely N-dealkylation sites (N-methyl/N-ethyl adjacent to an activating group) is 1. The van der Waals surface area contributed by atoms with E-state index >= 15 is 0 Å². The maximum atomic E-state index is 13.4. The molecule has 7 N–H and O–H groups in total. The fourth-order valence-corrected chi connectivity index (χ4v) is 3.68. The smallest absolute Gasteiger partial charge is 0.490 e. The van der Waals surface area contributed by atoms with Gasteiger partial charge in [-0.25, -0.2) is 4.79 Å². The summed E-state index contributed by atoms with van der Waals surface area (Å²) in [5.41, 5.74) is 10.6. The molecule has 0 fully saturated rings. The number of amidine groups is 1. The molecule has 1 amide bonds. The molecular formula is C30H34F6N6O5. The van der Waals surface area contributed by atoms with E-state index in [-0.39, 0.29) is 11.5 Å². The Balaban J connectivity index is 0.000000984. The number of halogens is 6. The van der Waals surface area contributed by atoms with Gasteiger partial charge in [0, 0.05) is 17.8 Å². The molecule has 0 radical (unpaired) electrons. The van der Waals surface area contributed by atoms with Crippen molar-refractivity contribution >= 4 is 29.1 Å². The number of aliphatic carboxylic acids is 1. The highest BCUT2D eigenvalue weighted by atomic mass is 19.4. The lowest BCUT2D eigenvalue weighted by Gasteiger charge is -2.23. The summed E-state index contributed by atoms with van der Waals surface area (Å²) in [6.07, 6.45) is -9.70. The van der Waals surface area contributed by atoms with E-state index in [4.69, 9.17) is 30.5 Å². The average molecular weight is 673 g/mol. The molecule has 0 spiro atoms. The van der Waals surface area contributed by atoms with E-state index in [9.17, 15) is 31.1 Å². The van der Waals surface area contributed by atoms with Crippen molar-refractivity contribution < 1.29 is 50.5 Å². The van der Waals surface area contributed by atoms with Crippen molar-refractivity contribution in [1.82, 2.24) is 10.3 Å². The molecule has 0 aliphatic heterocycles. The van der Waals surface area contributed by atoms with Gasteiger partial charge >= 0.3 is 18.3 Å². The molecule has 47 heavy (non-hydrogen) atoms. The van der Waals surface area contributed by atoms with Crippen molar-refractivity contribution in [3.63, 3.8) is 0 Å². The molecule has 3 aromatic rings. The number of hydrogen-bond acceptors (Lipinski definition) is 8. The number of nitrogens with zero attached hydrogens (tertiary/aromatic N) is 1. The monoisotopic (exact) mass is 672 g/mol. The zero-order valence-electron chi connectivity index (χ0n) is 25.4. The topological polar surface area (TPSA) is 162 Å². The van der Waals surface area contributed by atoms with Gasteiger partial charge in [0.15, 0.2) is 11.5 Å². The molecule has 256 valence electrons. The molecule has 0 aliphatic carbocycles. The molecule has 0 aromatic heterocycles. The fourth-order valence-electron chi connectivity index (χ4n) is 3.68. The number of para-hydroxylation sites is 1. The molecule has 0 heterocycles. The number of amides is 1. The lowest BCUT2D eigenvalue weighted by molar-refractivity contribution is -0.192. The van der Waals surface area contributed by atoms with Crippen molar-refractivity contribution in [2.45, 2.75) is 25.3 Å². The van der Waals surface area contributed by atoms with Gasteiger partial charge in [0.25, 0.3) is 5.91 Å². The summed E-state index contributed by atoms with van der Waals surface area (Å²) >= 11 is 0. The molecule has 1 atom stereocenters. The van der Waals surface area contributed by atoms with Gasteiger partial charge in [-0.3, -0.25) is 21.1 Å². The third-order valence-corrected chi connectivity index (χ3v) is 5.96. The first-order chi connectivity index (χ1) is 21.9. The molecule has 3 rings (SSSR count). The van der Waals surface area contributed by atoms with Gasteiger partial charge in [-0.1, -0.05) is 18.2 Å². The van der Waals surface area contributed by atoms with Crippen molar-refractivity contribution in [3.05, 3.63) is 83.4 Å². The van der Waals surface area contributed by atoms with E-state index in [0.29, 0.717) is 48.1 Å². The van der Waals surface area contributed by atoms with E-state index in [1.54, 1.807) is 42.5 Å². The Bertz CT molecular complexity index is 1500. The van der Waals surface area contributed by atoms with Crippen molar-refractivity contribution in [2.24, 2.45) is 5.73 Å². The Morgan fingerprint density at radius 2 is 1.57 bits per heavy atom. The number of benzene rings is 3. The normalized spacial score (nSPS) is 11.9. The van der Waals surface area contributed by atoms with Gasteiger partial charge in [-0.15, -0.1) is 0 Å². The molecule has 0 aliphatic rings. The highest BCUT2D eigenvalue weighted by Crippen LogP contribution is 2.35. The summed E-state index contributed by atoms with van der Waals surface area (Å²) < 4.78 is 83.7.